The van der Waals surface area contributed by atoms with Crippen LogP contribution in [0, 0.1) is 5.92 Å². The van der Waals surface area contributed by atoms with Gasteiger partial charge in [-0.25, -0.2) is 9.97 Å². The normalized spacial score (nSPS) is 17.5. The predicted molar refractivity (Wildman–Crippen MR) is 75.0 cm³/mol. The first-order valence-corrected chi connectivity index (χ1v) is 7.22. The van der Waals surface area contributed by atoms with Crippen LogP contribution >= 0.6 is 0 Å². The zero-order valence-corrected chi connectivity index (χ0v) is 12.3. The number of piperidine rings is 1. The van der Waals surface area contributed by atoms with E-state index in [2.05, 4.69) is 29.1 Å². The van der Waals surface area contributed by atoms with E-state index in [9.17, 15) is 13.2 Å². The minimum absolute atomic E-state index is 0.115. The molecule has 1 aliphatic heterocycles. The van der Waals surface area contributed by atoms with Gasteiger partial charge in [0.2, 0.25) is 5.95 Å². The quantitative estimate of drug-likeness (QED) is 0.928. The fourth-order valence-corrected chi connectivity index (χ4v) is 2.33. The second-order valence-corrected chi connectivity index (χ2v) is 5.73. The van der Waals surface area contributed by atoms with Gasteiger partial charge in [0.15, 0.2) is 0 Å². The van der Waals surface area contributed by atoms with Crippen LogP contribution in [0.15, 0.2) is 12.4 Å². The maximum atomic E-state index is 12.6. The van der Waals surface area contributed by atoms with Crippen molar-refractivity contribution in [1.82, 2.24) is 15.3 Å². The maximum absolute atomic E-state index is 12.6. The van der Waals surface area contributed by atoms with E-state index in [-0.39, 0.29) is 12.8 Å². The van der Waals surface area contributed by atoms with Crippen molar-refractivity contribution in [3.63, 3.8) is 0 Å². The summed E-state index contributed by atoms with van der Waals surface area (Å²) in [5, 5.41) is 3.26. The molecule has 0 bridgehead atoms. The molecule has 1 aliphatic rings. The number of alkyl halides is 3. The molecule has 0 atom stereocenters. The van der Waals surface area contributed by atoms with Crippen molar-refractivity contribution < 1.29 is 13.2 Å². The van der Waals surface area contributed by atoms with Crippen LogP contribution in [0.1, 0.15) is 32.3 Å². The highest BCUT2D eigenvalue weighted by atomic mass is 19.4. The average Bonchev–Trinajstić information content (AvgIpc) is 2.45. The highest BCUT2D eigenvalue weighted by Crippen LogP contribution is 2.34. The zero-order chi connectivity index (χ0) is 15.5. The summed E-state index contributed by atoms with van der Waals surface area (Å²) in [6, 6.07) is 0.381. The minimum atomic E-state index is -4.08. The van der Waals surface area contributed by atoms with Gasteiger partial charge in [-0.15, -0.1) is 0 Å². The largest absolute Gasteiger partial charge is 0.391 e. The van der Waals surface area contributed by atoms with Crippen LogP contribution in [-0.2, 0) is 6.54 Å². The highest BCUT2D eigenvalue weighted by Gasteiger charge is 2.41. The summed E-state index contributed by atoms with van der Waals surface area (Å²) in [5.41, 5.74) is 0.970. The van der Waals surface area contributed by atoms with E-state index in [4.69, 9.17) is 0 Å². The van der Waals surface area contributed by atoms with Gasteiger partial charge in [-0.3, -0.25) is 0 Å². The van der Waals surface area contributed by atoms with Gasteiger partial charge in [-0.2, -0.15) is 13.2 Å². The molecule has 0 aromatic carbocycles. The number of halogens is 3. The number of anilines is 1. The topological polar surface area (TPSA) is 41.1 Å². The van der Waals surface area contributed by atoms with E-state index < -0.39 is 12.1 Å². The Morgan fingerprint density at radius 2 is 1.81 bits per heavy atom. The van der Waals surface area contributed by atoms with Gasteiger partial charge in [-0.1, -0.05) is 13.8 Å². The summed E-state index contributed by atoms with van der Waals surface area (Å²) in [4.78, 5) is 10.3. The second-order valence-electron chi connectivity index (χ2n) is 5.73. The van der Waals surface area contributed by atoms with Crippen molar-refractivity contribution in [2.24, 2.45) is 5.92 Å². The molecule has 1 aromatic heterocycles. The molecule has 1 N–H and O–H groups in total. The lowest BCUT2D eigenvalue weighted by atomic mass is 9.96. The van der Waals surface area contributed by atoms with Crippen molar-refractivity contribution in [2.75, 3.05) is 18.0 Å². The Balaban J connectivity index is 1.89. The number of nitrogens with one attached hydrogen (secondary N) is 1. The molecule has 1 aromatic rings. The van der Waals surface area contributed by atoms with Crippen molar-refractivity contribution >= 4 is 5.95 Å². The molecule has 0 spiro atoms. The third-order valence-electron chi connectivity index (χ3n) is 3.65. The van der Waals surface area contributed by atoms with Crippen LogP contribution in [0.3, 0.4) is 0 Å². The number of rotatable bonds is 4. The summed E-state index contributed by atoms with van der Waals surface area (Å²) in [7, 11) is 0. The van der Waals surface area contributed by atoms with E-state index >= 15 is 0 Å². The third kappa shape index (κ3) is 4.56. The Kier molecular flexibility index (Phi) is 5.03. The maximum Gasteiger partial charge on any atom is 0.391 e. The molecule has 0 saturated carbocycles. The Hall–Kier alpha value is -1.37. The molecular weight excluding hydrogens is 281 g/mol. The highest BCUT2D eigenvalue weighted by molar-refractivity contribution is 5.30. The molecule has 4 nitrogen and oxygen atoms in total. The summed E-state index contributed by atoms with van der Waals surface area (Å²) in [5.74, 6) is -0.674. The molecule has 0 unspecified atom stereocenters. The van der Waals surface area contributed by atoms with Crippen LogP contribution in [0.2, 0.25) is 0 Å². The molecule has 0 amide bonds. The van der Waals surface area contributed by atoms with Crippen LogP contribution in [0.5, 0.6) is 0 Å². The van der Waals surface area contributed by atoms with E-state index in [0.717, 1.165) is 5.56 Å². The predicted octanol–water partition coefficient (Wildman–Crippen LogP) is 2.75. The fraction of sp³-hybridized carbons (Fsp3) is 0.714. The first-order chi connectivity index (χ1) is 9.86. The van der Waals surface area contributed by atoms with Gasteiger partial charge >= 0.3 is 6.18 Å². The fourth-order valence-electron chi connectivity index (χ4n) is 2.33. The molecule has 1 fully saturated rings. The van der Waals surface area contributed by atoms with Crippen molar-refractivity contribution in [1.29, 1.82) is 0 Å². The van der Waals surface area contributed by atoms with Gasteiger partial charge in [-0.05, 0) is 12.8 Å². The van der Waals surface area contributed by atoms with Gasteiger partial charge in [0, 0.05) is 43.6 Å². The van der Waals surface area contributed by atoms with E-state index in [1.165, 1.54) is 0 Å². The number of aromatic nitrogens is 2. The molecule has 118 valence electrons. The first kappa shape index (κ1) is 16.0. The summed E-state index contributed by atoms with van der Waals surface area (Å²) in [6.07, 6.45) is -0.395. The summed E-state index contributed by atoms with van der Waals surface area (Å²) < 4.78 is 37.9. The summed E-state index contributed by atoms with van der Waals surface area (Å²) >= 11 is 0. The van der Waals surface area contributed by atoms with Crippen molar-refractivity contribution in [2.45, 2.75) is 45.5 Å². The molecule has 2 heterocycles. The minimum Gasteiger partial charge on any atom is -0.341 e. The van der Waals surface area contributed by atoms with E-state index in [0.29, 0.717) is 31.6 Å². The second kappa shape index (κ2) is 6.60. The zero-order valence-electron chi connectivity index (χ0n) is 12.3. The molecular formula is C14H21F3N4. The molecule has 21 heavy (non-hydrogen) atoms. The van der Waals surface area contributed by atoms with Gasteiger partial charge in [0.05, 0.1) is 5.92 Å². The Labute approximate surface area is 122 Å². The van der Waals surface area contributed by atoms with Crippen LogP contribution in [0.4, 0.5) is 19.1 Å². The molecule has 1 saturated heterocycles. The van der Waals surface area contributed by atoms with Crippen LogP contribution in [-0.4, -0.2) is 35.3 Å². The SMILES string of the molecule is CC(C)NCc1cnc(N2CCC(C(F)(F)F)CC2)nc1. The lowest BCUT2D eigenvalue weighted by molar-refractivity contribution is -0.179. The lowest BCUT2D eigenvalue weighted by Crippen LogP contribution is -2.39. The molecule has 7 heteroatoms. The molecule has 0 aliphatic carbocycles. The smallest absolute Gasteiger partial charge is 0.341 e. The van der Waals surface area contributed by atoms with Gasteiger partial charge < -0.3 is 10.2 Å². The average molecular weight is 302 g/mol. The molecule has 2 rings (SSSR count). The monoisotopic (exact) mass is 302 g/mol. The van der Waals surface area contributed by atoms with Gasteiger partial charge in [0.1, 0.15) is 0 Å². The van der Waals surface area contributed by atoms with E-state index in [1.54, 1.807) is 12.4 Å². The van der Waals surface area contributed by atoms with E-state index in [1.807, 2.05) is 4.90 Å². The Bertz CT molecular complexity index is 437. The Morgan fingerprint density at radius 1 is 1.24 bits per heavy atom. The standard InChI is InChI=1S/C14H21F3N4/c1-10(2)18-7-11-8-19-13(20-9-11)21-5-3-12(4-6-21)14(15,16)17/h8-10,12,18H,3-7H2,1-2H3. The van der Waals surface area contributed by atoms with Crippen molar-refractivity contribution in [3.05, 3.63) is 18.0 Å². The van der Waals surface area contributed by atoms with Crippen LogP contribution in [0.25, 0.3) is 0 Å². The number of hydrogen-bond donors (Lipinski definition) is 1. The lowest BCUT2D eigenvalue weighted by Gasteiger charge is -2.32. The van der Waals surface area contributed by atoms with Gasteiger partial charge in [0.25, 0.3) is 0 Å². The Morgan fingerprint density at radius 3 is 2.29 bits per heavy atom. The number of hydrogen-bond acceptors (Lipinski definition) is 4. The number of nitrogens with zero attached hydrogens (tertiary/aromatic N) is 3. The third-order valence-corrected chi connectivity index (χ3v) is 3.65. The first-order valence-electron chi connectivity index (χ1n) is 7.22. The summed E-state index contributed by atoms with van der Waals surface area (Å²) in [6.45, 7) is 5.51. The van der Waals surface area contributed by atoms with Crippen LogP contribution < -0.4 is 10.2 Å². The van der Waals surface area contributed by atoms with Crippen molar-refractivity contribution in [3.8, 4) is 0 Å². The molecule has 0 radical (unpaired) electrons.